The molecule has 1 aliphatic carbocycles. The van der Waals surface area contributed by atoms with Gasteiger partial charge in [-0.1, -0.05) is 43.0 Å². The van der Waals surface area contributed by atoms with Gasteiger partial charge in [0.2, 0.25) is 11.9 Å². The third-order valence-corrected chi connectivity index (χ3v) is 7.10. The number of nitrogens with one attached hydrogen (secondary N) is 2. The van der Waals surface area contributed by atoms with Gasteiger partial charge in [-0.25, -0.2) is 4.98 Å². The molecule has 0 radical (unpaired) electrons. The second-order valence-corrected chi connectivity index (χ2v) is 9.24. The van der Waals surface area contributed by atoms with E-state index in [0.29, 0.717) is 16.1 Å². The highest BCUT2D eigenvalue weighted by Gasteiger charge is 2.29. The quantitative estimate of drug-likeness (QED) is 0.618. The fourth-order valence-electron chi connectivity index (χ4n) is 4.67. The summed E-state index contributed by atoms with van der Waals surface area (Å²) in [5.41, 5.74) is 1.86. The summed E-state index contributed by atoms with van der Waals surface area (Å²) in [5.74, 6) is 1.28. The fourth-order valence-corrected chi connectivity index (χ4v) is 4.98. The summed E-state index contributed by atoms with van der Waals surface area (Å²) >= 11 is 12.5. The molecular weight excluding hydrogens is 421 g/mol. The van der Waals surface area contributed by atoms with Gasteiger partial charge in [0.05, 0.1) is 21.1 Å². The molecule has 30 heavy (non-hydrogen) atoms. The molecule has 164 valence electrons. The number of carbonyl (C=O) groups is 1. The second kappa shape index (κ2) is 9.75. The van der Waals surface area contributed by atoms with Crippen LogP contribution in [0.4, 0.5) is 5.95 Å². The van der Waals surface area contributed by atoms with E-state index in [0.717, 1.165) is 75.4 Å². The zero-order chi connectivity index (χ0) is 21.1. The predicted octanol–water partition coefficient (Wildman–Crippen LogP) is 4.23. The first kappa shape index (κ1) is 21.7. The molecule has 0 bridgehead atoms. The first-order valence-electron chi connectivity index (χ1n) is 11.2. The highest BCUT2D eigenvalue weighted by molar-refractivity contribution is 6.42. The number of nitrogens with zero attached hydrogens (tertiary/aromatic N) is 3. The number of anilines is 1. The maximum Gasteiger partial charge on any atom is 0.223 e. The number of rotatable bonds is 7. The number of benzene rings is 1. The lowest BCUT2D eigenvalue weighted by molar-refractivity contribution is -0.126. The number of carbonyl (C=O) groups excluding carboxylic acids is 1. The minimum absolute atomic E-state index is 0.102. The molecule has 6 nitrogen and oxygen atoms in total. The van der Waals surface area contributed by atoms with Gasteiger partial charge in [0.1, 0.15) is 0 Å². The number of imidazole rings is 1. The summed E-state index contributed by atoms with van der Waals surface area (Å²) in [6.45, 7) is 6.35. The first-order valence-corrected chi connectivity index (χ1v) is 11.9. The predicted molar refractivity (Wildman–Crippen MR) is 124 cm³/mol. The number of hydrogen-bond acceptors (Lipinski definition) is 4. The largest absolute Gasteiger partial charge is 0.353 e. The van der Waals surface area contributed by atoms with Crippen molar-refractivity contribution < 1.29 is 4.79 Å². The van der Waals surface area contributed by atoms with Gasteiger partial charge < -0.3 is 20.1 Å². The van der Waals surface area contributed by atoms with Crippen LogP contribution in [0.1, 0.15) is 45.4 Å². The number of hydrogen-bond donors (Lipinski definition) is 2. The zero-order valence-corrected chi connectivity index (χ0v) is 19.1. The van der Waals surface area contributed by atoms with Gasteiger partial charge in [0.15, 0.2) is 0 Å². The standard InChI is InChI=1S/C22H31Cl2N5O/c1-2-25-9-12-29-20-14-18(24)17(23)13-19(20)27-22(29)28-10-7-15(8-11-28)21(30)26-16-5-3-4-6-16/h13-16,25H,2-12H2,1H3,(H,26,30). The van der Waals surface area contributed by atoms with Crippen LogP contribution < -0.4 is 15.5 Å². The van der Waals surface area contributed by atoms with Gasteiger partial charge in [0, 0.05) is 38.1 Å². The van der Waals surface area contributed by atoms with Crippen LogP contribution in [0.3, 0.4) is 0 Å². The minimum Gasteiger partial charge on any atom is -0.353 e. The summed E-state index contributed by atoms with van der Waals surface area (Å²) in [6, 6.07) is 4.14. The van der Waals surface area contributed by atoms with Crippen LogP contribution in [0.2, 0.25) is 10.0 Å². The van der Waals surface area contributed by atoms with Crippen molar-refractivity contribution in [1.82, 2.24) is 20.2 Å². The topological polar surface area (TPSA) is 62.2 Å². The molecule has 1 aromatic heterocycles. The highest BCUT2D eigenvalue weighted by atomic mass is 35.5. The summed E-state index contributed by atoms with van der Waals surface area (Å²) in [4.78, 5) is 19.9. The van der Waals surface area contributed by atoms with Crippen LogP contribution in [0.5, 0.6) is 0 Å². The third kappa shape index (κ3) is 4.71. The van der Waals surface area contributed by atoms with Crippen molar-refractivity contribution in [3.05, 3.63) is 22.2 Å². The molecule has 1 saturated heterocycles. The van der Waals surface area contributed by atoms with E-state index >= 15 is 0 Å². The van der Waals surface area contributed by atoms with E-state index < -0.39 is 0 Å². The van der Waals surface area contributed by atoms with Crippen LogP contribution in [0, 0.1) is 5.92 Å². The Hall–Kier alpha value is -1.50. The molecule has 4 rings (SSSR count). The lowest BCUT2D eigenvalue weighted by Crippen LogP contribution is -2.44. The average molecular weight is 452 g/mol. The van der Waals surface area contributed by atoms with Crippen molar-refractivity contribution in [1.29, 1.82) is 0 Å². The molecular formula is C22H31Cl2N5O. The maximum atomic E-state index is 12.7. The molecule has 2 aliphatic rings. The molecule has 1 saturated carbocycles. The summed E-state index contributed by atoms with van der Waals surface area (Å²) in [7, 11) is 0. The Kier molecular flexibility index (Phi) is 7.06. The van der Waals surface area contributed by atoms with Gasteiger partial charge >= 0.3 is 0 Å². The van der Waals surface area contributed by atoms with Crippen molar-refractivity contribution in [2.24, 2.45) is 5.92 Å². The van der Waals surface area contributed by atoms with Gasteiger partial charge in [0.25, 0.3) is 0 Å². The lowest BCUT2D eigenvalue weighted by atomic mass is 9.95. The monoisotopic (exact) mass is 451 g/mol. The minimum atomic E-state index is 0.102. The van der Waals surface area contributed by atoms with Crippen molar-refractivity contribution in [2.75, 3.05) is 31.1 Å². The molecule has 1 amide bonds. The highest BCUT2D eigenvalue weighted by Crippen LogP contribution is 2.32. The molecule has 2 N–H and O–H groups in total. The molecule has 2 aromatic rings. The second-order valence-electron chi connectivity index (χ2n) is 8.42. The number of piperidine rings is 1. The Labute approximate surface area is 188 Å². The van der Waals surface area contributed by atoms with E-state index in [1.807, 2.05) is 12.1 Å². The summed E-state index contributed by atoms with van der Waals surface area (Å²) in [5, 5.41) is 7.72. The molecule has 0 unspecified atom stereocenters. The van der Waals surface area contributed by atoms with Gasteiger partial charge in [-0.15, -0.1) is 0 Å². The Bertz CT molecular complexity index is 885. The van der Waals surface area contributed by atoms with E-state index in [1.54, 1.807) is 0 Å². The summed E-state index contributed by atoms with van der Waals surface area (Å²) < 4.78 is 2.22. The molecule has 0 spiro atoms. The number of fused-ring (bicyclic) bond motifs is 1. The maximum absolute atomic E-state index is 12.7. The summed E-state index contributed by atoms with van der Waals surface area (Å²) in [6.07, 6.45) is 6.45. The zero-order valence-electron chi connectivity index (χ0n) is 17.6. The lowest BCUT2D eigenvalue weighted by Gasteiger charge is -2.33. The smallest absolute Gasteiger partial charge is 0.223 e. The van der Waals surface area contributed by atoms with Gasteiger partial charge in [-0.3, -0.25) is 4.79 Å². The van der Waals surface area contributed by atoms with Crippen LogP contribution in [0.15, 0.2) is 12.1 Å². The van der Waals surface area contributed by atoms with E-state index in [2.05, 4.69) is 27.0 Å². The third-order valence-electron chi connectivity index (χ3n) is 6.38. The number of aromatic nitrogens is 2. The fraction of sp³-hybridized carbons (Fsp3) is 0.636. The van der Waals surface area contributed by atoms with Crippen LogP contribution in [0.25, 0.3) is 11.0 Å². The van der Waals surface area contributed by atoms with Crippen molar-refractivity contribution in [3.8, 4) is 0 Å². The molecule has 2 fully saturated rings. The van der Waals surface area contributed by atoms with Gasteiger partial charge in [-0.2, -0.15) is 0 Å². The van der Waals surface area contributed by atoms with Crippen LogP contribution >= 0.6 is 23.2 Å². The molecule has 1 aromatic carbocycles. The van der Waals surface area contributed by atoms with E-state index in [1.165, 1.54) is 12.8 Å². The molecule has 8 heteroatoms. The van der Waals surface area contributed by atoms with Crippen LogP contribution in [-0.2, 0) is 11.3 Å². The molecule has 0 atom stereocenters. The van der Waals surface area contributed by atoms with E-state index in [4.69, 9.17) is 28.2 Å². The number of likely N-dealkylation sites (N-methyl/N-ethyl adjacent to an activating group) is 1. The SMILES string of the molecule is CCNCCn1c(N2CCC(C(=O)NC3CCCC3)CC2)nc2cc(Cl)c(Cl)cc21. The van der Waals surface area contributed by atoms with E-state index in [-0.39, 0.29) is 11.8 Å². The Morgan fingerprint density at radius 3 is 2.53 bits per heavy atom. The van der Waals surface area contributed by atoms with Crippen molar-refractivity contribution in [3.63, 3.8) is 0 Å². The average Bonchev–Trinajstić information content (AvgIpc) is 3.37. The Morgan fingerprint density at radius 1 is 1.13 bits per heavy atom. The Morgan fingerprint density at radius 2 is 1.83 bits per heavy atom. The normalized spacial score (nSPS) is 18.4. The first-order chi connectivity index (χ1) is 14.6. The number of amides is 1. The Balaban J connectivity index is 1.48. The molecule has 1 aliphatic heterocycles. The van der Waals surface area contributed by atoms with Crippen molar-refractivity contribution in [2.45, 2.75) is 58.0 Å². The van der Waals surface area contributed by atoms with E-state index in [9.17, 15) is 4.79 Å². The number of halogens is 2. The van der Waals surface area contributed by atoms with Crippen LogP contribution in [-0.4, -0.2) is 47.7 Å². The van der Waals surface area contributed by atoms with Crippen molar-refractivity contribution >= 4 is 46.1 Å². The molecule has 2 heterocycles. The van der Waals surface area contributed by atoms with Gasteiger partial charge in [-0.05, 0) is 44.4 Å².